The van der Waals surface area contributed by atoms with Gasteiger partial charge in [-0.15, -0.1) is 0 Å². The lowest BCUT2D eigenvalue weighted by Crippen LogP contribution is -2.36. The number of aliphatic carboxylic acids is 1. The summed E-state index contributed by atoms with van der Waals surface area (Å²) in [4.78, 5) is 24.5. The van der Waals surface area contributed by atoms with Gasteiger partial charge < -0.3 is 19.2 Å². The number of likely N-dealkylation sites (N-methyl/N-ethyl adjacent to an activating group) is 1. The second-order valence-corrected chi connectivity index (χ2v) is 6.83. The topological polar surface area (TPSA) is 101 Å². The summed E-state index contributed by atoms with van der Waals surface area (Å²) in [5.41, 5.74) is 2.28. The van der Waals surface area contributed by atoms with E-state index in [1.807, 2.05) is 16.8 Å². The van der Waals surface area contributed by atoms with Gasteiger partial charge in [0.1, 0.15) is 6.61 Å². The molecule has 1 aliphatic rings. The van der Waals surface area contributed by atoms with Crippen molar-refractivity contribution in [3.63, 3.8) is 0 Å². The van der Waals surface area contributed by atoms with E-state index in [1.165, 1.54) is 0 Å². The number of carbonyl (C=O) groups is 2. The Balaban J connectivity index is 0.000000396. The van der Waals surface area contributed by atoms with Crippen LogP contribution in [0.3, 0.4) is 0 Å². The summed E-state index contributed by atoms with van der Waals surface area (Å²) < 4.78 is 44.7. The van der Waals surface area contributed by atoms with Gasteiger partial charge in [-0.25, -0.2) is 4.79 Å². The van der Waals surface area contributed by atoms with Crippen molar-refractivity contribution in [2.24, 2.45) is 0 Å². The number of carboxylic acids is 1. The zero-order chi connectivity index (χ0) is 22.3. The standard InChI is InChI=1S/C16H22N4O3.C2HF3O2/c1-18(2)16(21)12-23-15-9-19(7-13-4-6-22-11-13)8-14-3-5-17-20(14)10-15;3-2(4,5)1(6)7/h3-6,11,15H,7-10,12H2,1-2H3;(H,6,7). The molecule has 2 aromatic heterocycles. The van der Waals surface area contributed by atoms with Crippen LogP contribution in [0.15, 0.2) is 35.3 Å². The molecule has 3 rings (SSSR count). The SMILES string of the molecule is CN(C)C(=O)COC1CN(Cc2ccoc2)Cc2ccnn2C1.O=C(O)C(F)(F)F. The molecule has 1 unspecified atom stereocenters. The van der Waals surface area contributed by atoms with Gasteiger partial charge in [-0.05, 0) is 12.1 Å². The minimum absolute atomic E-state index is 0.0312. The summed E-state index contributed by atoms with van der Waals surface area (Å²) in [6.07, 6.45) is 0.0833. The summed E-state index contributed by atoms with van der Waals surface area (Å²) in [5.74, 6) is -2.79. The number of hydrogen-bond donors (Lipinski definition) is 1. The lowest BCUT2D eigenvalue weighted by Gasteiger charge is -2.23. The number of furan rings is 1. The van der Waals surface area contributed by atoms with Crippen LogP contribution in [0.2, 0.25) is 0 Å². The zero-order valence-electron chi connectivity index (χ0n) is 16.5. The number of carboxylic acid groups (broad SMARTS) is 1. The van der Waals surface area contributed by atoms with E-state index < -0.39 is 12.1 Å². The Kier molecular flexibility index (Phi) is 8.00. The van der Waals surface area contributed by atoms with Crippen molar-refractivity contribution in [3.8, 4) is 0 Å². The molecule has 166 valence electrons. The van der Waals surface area contributed by atoms with Crippen molar-refractivity contribution in [2.45, 2.75) is 31.9 Å². The lowest BCUT2D eigenvalue weighted by atomic mass is 10.2. The first-order chi connectivity index (χ1) is 14.1. The van der Waals surface area contributed by atoms with E-state index >= 15 is 0 Å². The predicted molar refractivity (Wildman–Crippen MR) is 97.2 cm³/mol. The molecular weight excluding hydrogens is 409 g/mol. The number of alkyl halides is 3. The van der Waals surface area contributed by atoms with Crippen LogP contribution < -0.4 is 0 Å². The van der Waals surface area contributed by atoms with Crippen LogP contribution >= 0.6 is 0 Å². The number of fused-ring (bicyclic) bond motifs is 1. The molecule has 0 radical (unpaired) electrons. The molecule has 0 aliphatic carbocycles. The molecule has 1 N–H and O–H groups in total. The second-order valence-electron chi connectivity index (χ2n) is 6.83. The first-order valence-corrected chi connectivity index (χ1v) is 8.92. The van der Waals surface area contributed by atoms with E-state index in [2.05, 4.69) is 10.00 Å². The van der Waals surface area contributed by atoms with Gasteiger partial charge in [-0.3, -0.25) is 14.4 Å². The van der Waals surface area contributed by atoms with Crippen LogP contribution in [0.5, 0.6) is 0 Å². The molecule has 1 aliphatic heterocycles. The molecule has 1 atom stereocenters. The van der Waals surface area contributed by atoms with Gasteiger partial charge in [-0.2, -0.15) is 18.3 Å². The van der Waals surface area contributed by atoms with Gasteiger partial charge in [0.15, 0.2) is 0 Å². The fraction of sp³-hybridized carbons (Fsp3) is 0.500. The molecule has 0 saturated carbocycles. The predicted octanol–water partition coefficient (Wildman–Crippen LogP) is 1.60. The average Bonchev–Trinajstić information content (AvgIpc) is 3.28. The molecule has 0 bridgehead atoms. The van der Waals surface area contributed by atoms with Crippen LogP contribution in [0.4, 0.5) is 13.2 Å². The lowest BCUT2D eigenvalue weighted by molar-refractivity contribution is -0.192. The quantitative estimate of drug-likeness (QED) is 0.766. The third-order valence-electron chi connectivity index (χ3n) is 4.20. The number of aromatic nitrogens is 2. The summed E-state index contributed by atoms with van der Waals surface area (Å²) in [7, 11) is 3.46. The Hall–Kier alpha value is -2.86. The van der Waals surface area contributed by atoms with Crippen LogP contribution in [-0.2, 0) is 34.0 Å². The molecule has 0 saturated heterocycles. The number of hydrogen-bond acceptors (Lipinski definition) is 6. The Labute approximate surface area is 170 Å². The minimum atomic E-state index is -5.08. The van der Waals surface area contributed by atoms with Gasteiger partial charge in [0, 0.05) is 45.5 Å². The van der Waals surface area contributed by atoms with E-state index in [-0.39, 0.29) is 18.6 Å². The van der Waals surface area contributed by atoms with Gasteiger partial charge in [-0.1, -0.05) is 0 Å². The minimum Gasteiger partial charge on any atom is -0.475 e. The van der Waals surface area contributed by atoms with E-state index in [1.54, 1.807) is 37.7 Å². The number of ether oxygens (including phenoxy) is 1. The Morgan fingerprint density at radius 2 is 2.03 bits per heavy atom. The maximum Gasteiger partial charge on any atom is 0.490 e. The number of halogens is 3. The number of carbonyl (C=O) groups excluding carboxylic acids is 1. The number of amides is 1. The molecule has 30 heavy (non-hydrogen) atoms. The van der Waals surface area contributed by atoms with Gasteiger partial charge in [0.2, 0.25) is 5.91 Å². The summed E-state index contributed by atoms with van der Waals surface area (Å²) in [6.45, 7) is 3.07. The number of nitrogens with zero attached hydrogens (tertiary/aromatic N) is 4. The largest absolute Gasteiger partial charge is 0.490 e. The molecule has 2 aromatic rings. The van der Waals surface area contributed by atoms with Gasteiger partial charge in [0.25, 0.3) is 0 Å². The molecule has 1 amide bonds. The smallest absolute Gasteiger partial charge is 0.475 e. The summed E-state index contributed by atoms with van der Waals surface area (Å²) in [5, 5.41) is 11.5. The zero-order valence-corrected chi connectivity index (χ0v) is 16.5. The van der Waals surface area contributed by atoms with E-state index in [0.29, 0.717) is 6.54 Å². The molecular formula is C18H23F3N4O5. The maximum atomic E-state index is 11.8. The molecule has 12 heteroatoms. The monoisotopic (exact) mass is 432 g/mol. The summed E-state index contributed by atoms with van der Waals surface area (Å²) in [6, 6.07) is 3.99. The van der Waals surface area contributed by atoms with Crippen molar-refractivity contribution < 1.29 is 37.0 Å². The highest BCUT2D eigenvalue weighted by Gasteiger charge is 2.38. The highest BCUT2D eigenvalue weighted by Crippen LogP contribution is 2.17. The fourth-order valence-corrected chi connectivity index (χ4v) is 2.68. The van der Waals surface area contributed by atoms with Crippen LogP contribution in [-0.4, -0.2) is 76.1 Å². The van der Waals surface area contributed by atoms with Crippen molar-refractivity contribution in [1.29, 1.82) is 0 Å². The highest BCUT2D eigenvalue weighted by molar-refractivity contribution is 5.76. The van der Waals surface area contributed by atoms with E-state index in [0.717, 1.165) is 30.9 Å². The van der Waals surface area contributed by atoms with Crippen molar-refractivity contribution in [2.75, 3.05) is 27.2 Å². The first kappa shape index (κ1) is 23.4. The maximum absolute atomic E-state index is 11.8. The fourth-order valence-electron chi connectivity index (χ4n) is 2.68. The third kappa shape index (κ3) is 7.19. The molecule has 0 fully saturated rings. The normalized spacial score (nSPS) is 16.8. The Bertz CT molecular complexity index is 820. The second kappa shape index (κ2) is 10.3. The third-order valence-corrected chi connectivity index (χ3v) is 4.20. The van der Waals surface area contributed by atoms with E-state index in [4.69, 9.17) is 19.1 Å². The molecule has 0 spiro atoms. The van der Waals surface area contributed by atoms with Crippen LogP contribution in [0.1, 0.15) is 11.3 Å². The molecule has 3 heterocycles. The van der Waals surface area contributed by atoms with Crippen LogP contribution in [0.25, 0.3) is 0 Å². The summed E-state index contributed by atoms with van der Waals surface area (Å²) >= 11 is 0. The molecule has 9 nitrogen and oxygen atoms in total. The van der Waals surface area contributed by atoms with Crippen LogP contribution in [0, 0.1) is 0 Å². The van der Waals surface area contributed by atoms with Crippen molar-refractivity contribution in [1.82, 2.24) is 19.6 Å². The average molecular weight is 432 g/mol. The first-order valence-electron chi connectivity index (χ1n) is 8.92. The number of rotatable bonds is 5. The van der Waals surface area contributed by atoms with Gasteiger partial charge in [0.05, 0.1) is 30.9 Å². The van der Waals surface area contributed by atoms with Crippen molar-refractivity contribution in [3.05, 3.63) is 42.1 Å². The van der Waals surface area contributed by atoms with Gasteiger partial charge >= 0.3 is 12.1 Å². The Morgan fingerprint density at radius 1 is 1.33 bits per heavy atom. The Morgan fingerprint density at radius 3 is 2.60 bits per heavy atom. The van der Waals surface area contributed by atoms with Crippen molar-refractivity contribution >= 4 is 11.9 Å². The highest BCUT2D eigenvalue weighted by atomic mass is 19.4. The van der Waals surface area contributed by atoms with E-state index in [9.17, 15) is 18.0 Å². The molecule has 0 aromatic carbocycles.